The van der Waals surface area contributed by atoms with E-state index < -0.39 is 0 Å². The molecule has 0 bridgehead atoms. The van der Waals surface area contributed by atoms with E-state index in [0.717, 1.165) is 5.16 Å². The van der Waals surface area contributed by atoms with E-state index in [2.05, 4.69) is 18.1 Å². The number of hydrogen-bond acceptors (Lipinski definition) is 2. The molecule has 0 fully saturated rings. The van der Waals surface area contributed by atoms with E-state index >= 15 is 0 Å². The van der Waals surface area contributed by atoms with Gasteiger partial charge in [0.1, 0.15) is 0 Å². The van der Waals surface area contributed by atoms with E-state index in [4.69, 9.17) is 0 Å². The molecule has 10 heavy (non-hydrogen) atoms. The topological polar surface area (TPSA) is 17.8 Å². The Morgan fingerprint density at radius 1 is 1.60 bits per heavy atom. The van der Waals surface area contributed by atoms with Crippen molar-refractivity contribution in [3.05, 3.63) is 31.0 Å². The quantitative estimate of drug-likeness (QED) is 0.618. The summed E-state index contributed by atoms with van der Waals surface area (Å²) in [7, 11) is 0. The number of imidazole rings is 1. The molecule has 0 aliphatic heterocycles. The Labute approximate surface area is 64.3 Å². The summed E-state index contributed by atoms with van der Waals surface area (Å²) in [6, 6.07) is 0. The van der Waals surface area contributed by atoms with Gasteiger partial charge in [-0.05, 0) is 5.41 Å². The van der Waals surface area contributed by atoms with E-state index in [9.17, 15) is 0 Å². The highest BCUT2D eigenvalue weighted by Crippen LogP contribution is 2.15. The lowest BCUT2D eigenvalue weighted by molar-refractivity contribution is 0.949. The van der Waals surface area contributed by atoms with Crippen LogP contribution in [0.15, 0.2) is 36.1 Å². The van der Waals surface area contributed by atoms with Crippen LogP contribution in [-0.4, -0.2) is 9.55 Å². The van der Waals surface area contributed by atoms with Crippen molar-refractivity contribution in [1.29, 1.82) is 0 Å². The Hall–Kier alpha value is -0.960. The maximum atomic E-state index is 4.06. The molecular weight excluding hydrogens is 144 g/mol. The summed E-state index contributed by atoms with van der Waals surface area (Å²) in [6.07, 6.45) is 5.28. The van der Waals surface area contributed by atoms with Crippen LogP contribution in [0.2, 0.25) is 0 Å². The number of hydrogen-bond donors (Lipinski definition) is 0. The Bertz CT molecular complexity index is 240. The van der Waals surface area contributed by atoms with Crippen LogP contribution >= 0.6 is 11.8 Å². The third-order valence-corrected chi connectivity index (χ3v) is 1.71. The van der Waals surface area contributed by atoms with Crippen LogP contribution in [0.3, 0.4) is 0 Å². The van der Waals surface area contributed by atoms with Gasteiger partial charge in [-0.2, -0.15) is 0 Å². The summed E-state index contributed by atoms with van der Waals surface area (Å²) in [6.45, 7) is 7.21. The number of nitrogens with zero attached hydrogens (tertiary/aromatic N) is 2. The van der Waals surface area contributed by atoms with Crippen molar-refractivity contribution in [3.63, 3.8) is 0 Å². The smallest absolute Gasteiger partial charge is 0.176 e. The van der Waals surface area contributed by atoms with Crippen LogP contribution in [0.1, 0.15) is 0 Å². The molecule has 0 aliphatic rings. The van der Waals surface area contributed by atoms with Gasteiger partial charge < -0.3 is 4.57 Å². The first-order valence-electron chi connectivity index (χ1n) is 2.81. The number of thioether (sulfide) groups is 1. The zero-order chi connectivity index (χ0) is 7.40. The van der Waals surface area contributed by atoms with E-state index in [0.29, 0.717) is 0 Å². The van der Waals surface area contributed by atoms with Gasteiger partial charge in [-0.3, -0.25) is 0 Å². The van der Waals surface area contributed by atoms with Gasteiger partial charge in [0.2, 0.25) is 0 Å². The Balaban J connectivity index is 2.89. The molecule has 0 spiro atoms. The molecule has 52 valence electrons. The molecule has 0 unspecified atom stereocenters. The molecule has 0 aliphatic carbocycles. The molecule has 3 heteroatoms. The van der Waals surface area contributed by atoms with E-state index in [1.165, 1.54) is 11.8 Å². The third kappa shape index (κ3) is 1.30. The molecule has 0 saturated heterocycles. The first-order chi connectivity index (χ1) is 4.88. The van der Waals surface area contributed by atoms with Gasteiger partial charge in [-0.1, -0.05) is 24.9 Å². The van der Waals surface area contributed by atoms with E-state index in [-0.39, 0.29) is 0 Å². The van der Waals surface area contributed by atoms with Gasteiger partial charge in [0.25, 0.3) is 0 Å². The molecule has 1 aromatic heterocycles. The molecule has 2 nitrogen and oxygen atoms in total. The Morgan fingerprint density at radius 2 is 2.40 bits per heavy atom. The SMILES string of the molecule is C=CSc1nccn1C=C. The van der Waals surface area contributed by atoms with Crippen LogP contribution in [0.4, 0.5) is 0 Å². The molecule has 0 amide bonds. The molecule has 0 N–H and O–H groups in total. The van der Waals surface area contributed by atoms with Gasteiger partial charge in [-0.25, -0.2) is 4.98 Å². The Morgan fingerprint density at radius 3 is 3.00 bits per heavy atom. The highest BCUT2D eigenvalue weighted by atomic mass is 32.2. The van der Waals surface area contributed by atoms with Crippen molar-refractivity contribution in [2.45, 2.75) is 5.16 Å². The second-order valence-electron chi connectivity index (χ2n) is 1.58. The lowest BCUT2D eigenvalue weighted by Crippen LogP contribution is -1.83. The van der Waals surface area contributed by atoms with Gasteiger partial charge in [-0.15, -0.1) is 0 Å². The van der Waals surface area contributed by atoms with Crippen molar-refractivity contribution >= 4 is 18.0 Å². The fraction of sp³-hybridized carbons (Fsp3) is 0. The normalized spacial score (nSPS) is 9.20. The lowest BCUT2D eigenvalue weighted by atomic mass is 10.9. The Kier molecular flexibility index (Phi) is 2.34. The molecule has 1 heterocycles. The number of aromatic nitrogens is 2. The standard InChI is InChI=1S/C7H8N2S/c1-3-9-6-5-8-7(9)10-4-2/h3-6H,1-2H2. The summed E-state index contributed by atoms with van der Waals surface area (Å²) in [5.41, 5.74) is 0. The second-order valence-corrected chi connectivity index (χ2v) is 2.52. The van der Waals surface area contributed by atoms with Crippen LogP contribution in [0.25, 0.3) is 6.20 Å². The fourth-order valence-corrected chi connectivity index (χ4v) is 1.13. The van der Waals surface area contributed by atoms with Crippen LogP contribution in [0.5, 0.6) is 0 Å². The minimum absolute atomic E-state index is 0.894. The minimum Gasteiger partial charge on any atom is -0.302 e. The van der Waals surface area contributed by atoms with Gasteiger partial charge in [0, 0.05) is 18.6 Å². The second kappa shape index (κ2) is 3.27. The fourth-order valence-electron chi connectivity index (χ4n) is 0.604. The van der Waals surface area contributed by atoms with Crippen LogP contribution in [0, 0.1) is 0 Å². The summed E-state index contributed by atoms with van der Waals surface area (Å²) < 4.78 is 1.84. The van der Waals surface area contributed by atoms with E-state index in [1.807, 2.05) is 10.8 Å². The van der Waals surface area contributed by atoms with Crippen molar-refractivity contribution in [3.8, 4) is 0 Å². The summed E-state index contributed by atoms with van der Waals surface area (Å²) in [5.74, 6) is 0. The van der Waals surface area contributed by atoms with E-state index in [1.54, 1.807) is 17.8 Å². The van der Waals surface area contributed by atoms with Crippen LogP contribution < -0.4 is 0 Å². The largest absolute Gasteiger partial charge is 0.302 e. The lowest BCUT2D eigenvalue weighted by Gasteiger charge is -1.94. The molecule has 1 aromatic rings. The van der Waals surface area contributed by atoms with Gasteiger partial charge in [0.15, 0.2) is 5.16 Å². The average Bonchev–Trinajstić information content (AvgIpc) is 2.36. The molecule has 1 rings (SSSR count). The monoisotopic (exact) mass is 152 g/mol. The first kappa shape index (κ1) is 7.15. The predicted octanol–water partition coefficient (Wildman–Crippen LogP) is 2.22. The maximum Gasteiger partial charge on any atom is 0.176 e. The van der Waals surface area contributed by atoms with Crippen molar-refractivity contribution < 1.29 is 0 Å². The highest BCUT2D eigenvalue weighted by Gasteiger charge is 1.95. The van der Waals surface area contributed by atoms with Gasteiger partial charge in [0.05, 0.1) is 0 Å². The average molecular weight is 152 g/mol. The third-order valence-electron chi connectivity index (χ3n) is 1.02. The molecule has 0 aromatic carbocycles. The molecule has 0 saturated carbocycles. The van der Waals surface area contributed by atoms with Crippen molar-refractivity contribution in [1.82, 2.24) is 9.55 Å². The number of rotatable bonds is 3. The van der Waals surface area contributed by atoms with Crippen molar-refractivity contribution in [2.75, 3.05) is 0 Å². The molecule has 0 atom stereocenters. The van der Waals surface area contributed by atoms with Gasteiger partial charge >= 0.3 is 0 Å². The first-order valence-corrected chi connectivity index (χ1v) is 3.69. The molecule has 0 radical (unpaired) electrons. The summed E-state index contributed by atoms with van der Waals surface area (Å²) >= 11 is 1.48. The maximum absolute atomic E-state index is 4.06. The molecular formula is C7H8N2S. The van der Waals surface area contributed by atoms with Crippen molar-refractivity contribution in [2.24, 2.45) is 0 Å². The zero-order valence-electron chi connectivity index (χ0n) is 5.53. The zero-order valence-corrected chi connectivity index (χ0v) is 6.34. The summed E-state index contributed by atoms with van der Waals surface area (Å²) in [5, 5.41) is 2.63. The minimum atomic E-state index is 0.894. The summed E-state index contributed by atoms with van der Waals surface area (Å²) in [4.78, 5) is 4.06. The predicted molar refractivity (Wildman–Crippen MR) is 44.7 cm³/mol. The highest BCUT2D eigenvalue weighted by molar-refractivity contribution is 8.02. The van der Waals surface area contributed by atoms with Crippen LogP contribution in [-0.2, 0) is 0 Å².